The second-order valence-corrected chi connectivity index (χ2v) is 3.23. The van der Waals surface area contributed by atoms with E-state index in [0.717, 1.165) is 19.6 Å². The topological polar surface area (TPSA) is 23.4 Å². The fourth-order valence-corrected chi connectivity index (χ4v) is 1.26. The molecule has 0 saturated heterocycles. The van der Waals surface area contributed by atoms with Crippen LogP contribution >= 0.6 is 0 Å². The van der Waals surface area contributed by atoms with E-state index in [1.165, 1.54) is 6.42 Å². The first-order chi connectivity index (χ1) is 6.93. The third-order valence-electron chi connectivity index (χ3n) is 2.05. The quantitative estimate of drug-likeness (QED) is 0.594. The van der Waals surface area contributed by atoms with Crippen molar-refractivity contribution in [2.45, 2.75) is 19.4 Å². The molecule has 1 aromatic rings. The van der Waals surface area contributed by atoms with Crippen LogP contribution in [0.5, 0.6) is 0 Å². The van der Waals surface area contributed by atoms with Gasteiger partial charge in [-0.1, -0.05) is 0 Å². The van der Waals surface area contributed by atoms with Gasteiger partial charge in [0.15, 0.2) is 0 Å². The van der Waals surface area contributed by atoms with Crippen molar-refractivity contribution in [1.29, 1.82) is 0 Å². The summed E-state index contributed by atoms with van der Waals surface area (Å²) >= 11 is 0. The van der Waals surface area contributed by atoms with Crippen molar-refractivity contribution in [2.75, 3.05) is 26.9 Å². The fourth-order valence-electron chi connectivity index (χ4n) is 1.26. The number of aryl methyl sites for hydroxylation is 1. The lowest BCUT2D eigenvalue weighted by atomic mass is 10.3. The Morgan fingerprint density at radius 3 is 2.50 bits per heavy atom. The summed E-state index contributed by atoms with van der Waals surface area (Å²) < 4.78 is 12.4. The van der Waals surface area contributed by atoms with Crippen molar-refractivity contribution in [1.82, 2.24) is 4.57 Å². The molecule has 3 heteroatoms. The zero-order valence-corrected chi connectivity index (χ0v) is 8.82. The number of unbranched alkanes of at least 4 members (excludes halogenated alkanes) is 1. The molecule has 14 heavy (non-hydrogen) atoms. The highest BCUT2D eigenvalue weighted by Crippen LogP contribution is 1.97. The summed E-state index contributed by atoms with van der Waals surface area (Å²) in [5.74, 6) is 0. The van der Waals surface area contributed by atoms with E-state index in [2.05, 4.69) is 29.1 Å². The third kappa shape index (κ3) is 5.04. The fraction of sp³-hybridized carbons (Fsp3) is 0.636. The van der Waals surface area contributed by atoms with E-state index in [1.54, 1.807) is 7.11 Å². The number of hydrogen-bond acceptors (Lipinski definition) is 2. The average Bonchev–Trinajstić information content (AvgIpc) is 2.69. The second-order valence-electron chi connectivity index (χ2n) is 3.23. The molecule has 0 aliphatic heterocycles. The predicted octanol–water partition coefficient (Wildman–Crippen LogP) is 1.93. The Hall–Kier alpha value is -0.800. The van der Waals surface area contributed by atoms with Crippen LogP contribution in [0.1, 0.15) is 12.8 Å². The predicted molar refractivity (Wildman–Crippen MR) is 56.4 cm³/mol. The van der Waals surface area contributed by atoms with Crippen LogP contribution in [0.25, 0.3) is 0 Å². The number of aromatic nitrogens is 1. The maximum atomic E-state index is 5.36. The van der Waals surface area contributed by atoms with Crippen LogP contribution in [0.15, 0.2) is 24.5 Å². The minimum atomic E-state index is 0.692. The lowest BCUT2D eigenvalue weighted by Gasteiger charge is -2.04. The zero-order chi connectivity index (χ0) is 10.1. The van der Waals surface area contributed by atoms with Crippen molar-refractivity contribution in [2.24, 2.45) is 0 Å². The molecule has 0 amide bonds. The summed E-state index contributed by atoms with van der Waals surface area (Å²) in [6.45, 7) is 3.32. The highest BCUT2D eigenvalue weighted by Gasteiger charge is 1.91. The SMILES string of the molecule is COCCOCCCCn1cccc1. The lowest BCUT2D eigenvalue weighted by Crippen LogP contribution is -2.04. The lowest BCUT2D eigenvalue weighted by molar-refractivity contribution is 0.0684. The molecule has 0 aromatic carbocycles. The number of hydrogen-bond donors (Lipinski definition) is 0. The first-order valence-corrected chi connectivity index (χ1v) is 5.11. The summed E-state index contributed by atoms with van der Waals surface area (Å²) in [5, 5.41) is 0. The van der Waals surface area contributed by atoms with Gasteiger partial charge >= 0.3 is 0 Å². The van der Waals surface area contributed by atoms with Crippen molar-refractivity contribution in [3.05, 3.63) is 24.5 Å². The Morgan fingerprint density at radius 1 is 1.00 bits per heavy atom. The van der Waals surface area contributed by atoms with E-state index in [4.69, 9.17) is 9.47 Å². The highest BCUT2D eigenvalue weighted by atomic mass is 16.5. The van der Waals surface area contributed by atoms with Gasteiger partial charge in [-0.05, 0) is 25.0 Å². The van der Waals surface area contributed by atoms with E-state index >= 15 is 0 Å². The molecule has 1 rings (SSSR count). The van der Waals surface area contributed by atoms with Crippen LogP contribution in [-0.2, 0) is 16.0 Å². The Balaban J connectivity index is 1.85. The van der Waals surface area contributed by atoms with Crippen molar-refractivity contribution in [3.63, 3.8) is 0 Å². The van der Waals surface area contributed by atoms with Crippen LogP contribution in [0.4, 0.5) is 0 Å². The van der Waals surface area contributed by atoms with Crippen LogP contribution < -0.4 is 0 Å². The molecule has 0 fully saturated rings. The molecule has 0 atom stereocenters. The van der Waals surface area contributed by atoms with E-state index in [0.29, 0.717) is 13.2 Å². The van der Waals surface area contributed by atoms with Gasteiger partial charge in [-0.15, -0.1) is 0 Å². The maximum absolute atomic E-state index is 5.36. The van der Waals surface area contributed by atoms with Gasteiger partial charge in [0.1, 0.15) is 0 Å². The number of ether oxygens (including phenoxy) is 2. The Morgan fingerprint density at radius 2 is 1.79 bits per heavy atom. The molecule has 1 heterocycles. The molecule has 0 unspecified atom stereocenters. The number of methoxy groups -OCH3 is 1. The van der Waals surface area contributed by atoms with Crippen LogP contribution in [0, 0.1) is 0 Å². The molecule has 80 valence electrons. The van der Waals surface area contributed by atoms with Gasteiger partial charge in [0.05, 0.1) is 13.2 Å². The van der Waals surface area contributed by atoms with E-state index < -0.39 is 0 Å². The smallest absolute Gasteiger partial charge is 0.0700 e. The summed E-state index contributed by atoms with van der Waals surface area (Å²) in [6, 6.07) is 4.10. The molecule has 0 aliphatic rings. The molecule has 0 bridgehead atoms. The Labute approximate surface area is 85.6 Å². The molecule has 0 N–H and O–H groups in total. The summed E-state index contributed by atoms with van der Waals surface area (Å²) in [4.78, 5) is 0. The highest BCUT2D eigenvalue weighted by molar-refractivity contribution is 4.89. The standard InChI is InChI=1S/C11H19NO2/c1-13-10-11-14-9-5-4-8-12-6-2-3-7-12/h2-3,6-7H,4-5,8-11H2,1H3. The molecule has 1 aromatic heterocycles. The van der Waals surface area contributed by atoms with E-state index in [1.807, 2.05) is 0 Å². The largest absolute Gasteiger partial charge is 0.382 e. The molecule has 0 saturated carbocycles. The van der Waals surface area contributed by atoms with E-state index in [-0.39, 0.29) is 0 Å². The Bertz CT molecular complexity index is 209. The van der Waals surface area contributed by atoms with Gasteiger partial charge in [0.25, 0.3) is 0 Å². The Kier molecular flexibility index (Phi) is 6.11. The second kappa shape index (κ2) is 7.59. The van der Waals surface area contributed by atoms with Gasteiger partial charge in [0, 0.05) is 32.7 Å². The van der Waals surface area contributed by atoms with Crippen LogP contribution in [0.3, 0.4) is 0 Å². The average molecular weight is 197 g/mol. The van der Waals surface area contributed by atoms with Gasteiger partial charge < -0.3 is 14.0 Å². The van der Waals surface area contributed by atoms with E-state index in [9.17, 15) is 0 Å². The molecule has 0 radical (unpaired) electrons. The first kappa shape index (κ1) is 11.3. The molecule has 0 spiro atoms. The monoisotopic (exact) mass is 197 g/mol. The zero-order valence-electron chi connectivity index (χ0n) is 8.82. The first-order valence-electron chi connectivity index (χ1n) is 5.11. The van der Waals surface area contributed by atoms with Gasteiger partial charge in [-0.2, -0.15) is 0 Å². The minimum absolute atomic E-state index is 0.692. The summed E-state index contributed by atoms with van der Waals surface area (Å²) in [6.07, 6.45) is 6.46. The van der Waals surface area contributed by atoms with Crippen LogP contribution in [0.2, 0.25) is 0 Å². The van der Waals surface area contributed by atoms with Gasteiger partial charge in [-0.25, -0.2) is 0 Å². The van der Waals surface area contributed by atoms with Crippen molar-refractivity contribution in [3.8, 4) is 0 Å². The third-order valence-corrected chi connectivity index (χ3v) is 2.05. The molecule has 0 aliphatic carbocycles. The summed E-state index contributed by atoms with van der Waals surface area (Å²) in [5.41, 5.74) is 0. The molecular weight excluding hydrogens is 178 g/mol. The minimum Gasteiger partial charge on any atom is -0.382 e. The van der Waals surface area contributed by atoms with Crippen molar-refractivity contribution >= 4 is 0 Å². The number of rotatable bonds is 8. The molecule has 3 nitrogen and oxygen atoms in total. The van der Waals surface area contributed by atoms with Crippen molar-refractivity contribution < 1.29 is 9.47 Å². The van der Waals surface area contributed by atoms with Gasteiger partial charge in [0.2, 0.25) is 0 Å². The maximum Gasteiger partial charge on any atom is 0.0700 e. The number of nitrogens with zero attached hydrogens (tertiary/aromatic N) is 1. The van der Waals surface area contributed by atoms with Crippen LogP contribution in [-0.4, -0.2) is 31.5 Å². The van der Waals surface area contributed by atoms with Gasteiger partial charge in [-0.3, -0.25) is 0 Å². The molecular formula is C11H19NO2. The normalized spacial score (nSPS) is 10.6. The summed E-state index contributed by atoms with van der Waals surface area (Å²) in [7, 11) is 1.69.